The smallest absolute Gasteiger partial charge is 0.237 e. The summed E-state index contributed by atoms with van der Waals surface area (Å²) in [5, 5.41) is 3.95. The van der Waals surface area contributed by atoms with E-state index >= 15 is 0 Å². The summed E-state index contributed by atoms with van der Waals surface area (Å²) < 4.78 is 0. The lowest BCUT2D eigenvalue weighted by Crippen LogP contribution is -2.42. The zero-order valence-electron chi connectivity index (χ0n) is 11.8. The maximum Gasteiger partial charge on any atom is 0.237 e. The molecule has 0 fully saturated rings. The molecule has 0 saturated carbocycles. The van der Waals surface area contributed by atoms with Crippen LogP contribution in [0.1, 0.15) is 5.56 Å². The summed E-state index contributed by atoms with van der Waals surface area (Å²) in [7, 11) is 0. The highest BCUT2D eigenvalue weighted by Gasteiger charge is 2.15. The number of aromatic amines is 1. The number of carbonyl (C=O) groups excluding carboxylic acids is 1. The number of hydrogen-bond acceptors (Lipinski definition) is 3. The molecule has 110 valence electrons. The summed E-state index contributed by atoms with van der Waals surface area (Å²) in [5.74, 6) is 3.89. The van der Waals surface area contributed by atoms with E-state index in [-0.39, 0.29) is 5.91 Å². The zero-order valence-corrected chi connectivity index (χ0v) is 12.6. The molecule has 0 aliphatic heterocycles. The highest BCUT2D eigenvalue weighted by molar-refractivity contribution is 7.99. The molecule has 21 heavy (non-hydrogen) atoms. The Bertz CT molecular complexity index is 644. The molecule has 0 aliphatic carbocycles. The van der Waals surface area contributed by atoms with Crippen LogP contribution in [0.5, 0.6) is 0 Å². The number of nitrogens with one attached hydrogen (secondary N) is 2. The standard InChI is InChI=1S/C16H19N3OS/c1-2-8-21-9-7-18-16(20)14(17)10-12-11-19-15-6-4-3-5-13(12)15/h1,3-6,11,14,19H,7-10,17H2,(H,18,20). The lowest BCUT2D eigenvalue weighted by molar-refractivity contribution is -0.122. The topological polar surface area (TPSA) is 70.9 Å². The number of para-hydroxylation sites is 1. The highest BCUT2D eigenvalue weighted by atomic mass is 32.2. The minimum absolute atomic E-state index is 0.124. The Balaban J connectivity index is 1.85. The van der Waals surface area contributed by atoms with E-state index in [1.807, 2.05) is 30.5 Å². The second kappa shape index (κ2) is 7.77. The predicted octanol–water partition coefficient (Wildman–Crippen LogP) is 1.52. The molecule has 1 unspecified atom stereocenters. The molecule has 0 aliphatic rings. The number of H-pyrrole nitrogens is 1. The molecule has 1 aromatic heterocycles. The van der Waals surface area contributed by atoms with Crippen LogP contribution in [0, 0.1) is 12.3 Å². The van der Waals surface area contributed by atoms with E-state index in [1.54, 1.807) is 11.8 Å². The summed E-state index contributed by atoms with van der Waals surface area (Å²) in [6.07, 6.45) is 7.60. The maximum absolute atomic E-state index is 11.9. The molecular formula is C16H19N3OS. The third-order valence-corrected chi connectivity index (χ3v) is 4.05. The molecule has 0 bridgehead atoms. The molecule has 4 nitrogen and oxygen atoms in total. The van der Waals surface area contributed by atoms with Crippen LogP contribution in [0.4, 0.5) is 0 Å². The Morgan fingerprint density at radius 1 is 1.48 bits per heavy atom. The van der Waals surface area contributed by atoms with Crippen molar-refractivity contribution in [3.8, 4) is 12.3 Å². The number of terminal acetylenes is 1. The lowest BCUT2D eigenvalue weighted by atomic mass is 10.1. The average Bonchev–Trinajstić information content (AvgIpc) is 2.90. The second-order valence-electron chi connectivity index (χ2n) is 4.72. The fourth-order valence-electron chi connectivity index (χ4n) is 2.14. The molecule has 2 aromatic rings. The Labute approximate surface area is 128 Å². The molecule has 0 spiro atoms. The van der Waals surface area contributed by atoms with Crippen LogP contribution < -0.4 is 11.1 Å². The SMILES string of the molecule is C#CCSCCNC(=O)C(N)Cc1c[nH]c2ccccc12. The van der Waals surface area contributed by atoms with Crippen molar-refractivity contribution >= 4 is 28.6 Å². The van der Waals surface area contributed by atoms with Crippen LogP contribution in [0.25, 0.3) is 10.9 Å². The van der Waals surface area contributed by atoms with Crippen molar-refractivity contribution in [2.24, 2.45) is 5.73 Å². The van der Waals surface area contributed by atoms with Crippen molar-refractivity contribution < 1.29 is 4.79 Å². The van der Waals surface area contributed by atoms with Gasteiger partial charge in [0.1, 0.15) is 0 Å². The lowest BCUT2D eigenvalue weighted by Gasteiger charge is -2.11. The van der Waals surface area contributed by atoms with Crippen LogP contribution in [0.3, 0.4) is 0 Å². The minimum atomic E-state index is -0.540. The van der Waals surface area contributed by atoms with Gasteiger partial charge in [0.25, 0.3) is 0 Å². The number of amides is 1. The number of aromatic nitrogens is 1. The zero-order chi connectivity index (χ0) is 15.1. The molecule has 0 saturated heterocycles. The highest BCUT2D eigenvalue weighted by Crippen LogP contribution is 2.18. The van der Waals surface area contributed by atoms with Gasteiger partial charge in [-0.3, -0.25) is 4.79 Å². The number of fused-ring (bicyclic) bond motifs is 1. The molecule has 5 heteroatoms. The van der Waals surface area contributed by atoms with E-state index in [4.69, 9.17) is 12.2 Å². The molecule has 1 aromatic carbocycles. The van der Waals surface area contributed by atoms with E-state index in [2.05, 4.69) is 16.2 Å². The molecule has 1 heterocycles. The second-order valence-corrected chi connectivity index (χ2v) is 5.82. The van der Waals surface area contributed by atoms with E-state index < -0.39 is 6.04 Å². The van der Waals surface area contributed by atoms with Crippen molar-refractivity contribution in [2.45, 2.75) is 12.5 Å². The average molecular weight is 301 g/mol. The van der Waals surface area contributed by atoms with Gasteiger partial charge in [-0.2, -0.15) is 0 Å². The number of nitrogens with two attached hydrogens (primary N) is 1. The Hall–Kier alpha value is -1.90. The van der Waals surface area contributed by atoms with Gasteiger partial charge < -0.3 is 16.0 Å². The van der Waals surface area contributed by atoms with Crippen LogP contribution in [0.2, 0.25) is 0 Å². The first-order chi connectivity index (χ1) is 10.2. The van der Waals surface area contributed by atoms with E-state index in [9.17, 15) is 4.79 Å². The van der Waals surface area contributed by atoms with Crippen LogP contribution in [-0.4, -0.2) is 35.0 Å². The van der Waals surface area contributed by atoms with Gasteiger partial charge in [0.15, 0.2) is 0 Å². The van der Waals surface area contributed by atoms with Gasteiger partial charge in [0, 0.05) is 29.4 Å². The normalized spacial score (nSPS) is 12.0. The number of rotatable bonds is 7. The van der Waals surface area contributed by atoms with Crippen LogP contribution in [0.15, 0.2) is 30.5 Å². The maximum atomic E-state index is 11.9. The molecule has 1 amide bonds. The van der Waals surface area contributed by atoms with Crippen molar-refractivity contribution in [3.05, 3.63) is 36.0 Å². The van der Waals surface area contributed by atoms with E-state index in [1.165, 1.54) is 0 Å². The van der Waals surface area contributed by atoms with Gasteiger partial charge >= 0.3 is 0 Å². The third-order valence-electron chi connectivity index (χ3n) is 3.18. The van der Waals surface area contributed by atoms with Gasteiger partial charge in [-0.05, 0) is 18.1 Å². The first kappa shape index (κ1) is 15.5. The summed E-state index contributed by atoms with van der Waals surface area (Å²) in [5.41, 5.74) is 8.10. The number of thioether (sulfide) groups is 1. The summed E-state index contributed by atoms with van der Waals surface area (Å²) in [4.78, 5) is 15.1. The largest absolute Gasteiger partial charge is 0.361 e. The molecular weight excluding hydrogens is 282 g/mol. The van der Waals surface area contributed by atoms with Gasteiger partial charge in [-0.1, -0.05) is 24.1 Å². The number of carbonyl (C=O) groups is 1. The Morgan fingerprint density at radius 2 is 2.29 bits per heavy atom. The first-order valence-corrected chi connectivity index (χ1v) is 7.97. The molecule has 2 rings (SSSR count). The molecule has 1 atom stereocenters. The molecule has 0 radical (unpaired) electrons. The van der Waals surface area contributed by atoms with E-state index in [0.29, 0.717) is 18.7 Å². The van der Waals surface area contributed by atoms with Crippen LogP contribution in [-0.2, 0) is 11.2 Å². The van der Waals surface area contributed by atoms with Gasteiger partial charge in [-0.15, -0.1) is 18.2 Å². The fourth-order valence-corrected chi connectivity index (χ4v) is 2.65. The molecule has 4 N–H and O–H groups in total. The van der Waals surface area contributed by atoms with Crippen molar-refractivity contribution in [1.82, 2.24) is 10.3 Å². The predicted molar refractivity (Wildman–Crippen MR) is 89.1 cm³/mol. The van der Waals surface area contributed by atoms with Crippen molar-refractivity contribution in [2.75, 3.05) is 18.1 Å². The quantitative estimate of drug-likeness (QED) is 0.536. The Morgan fingerprint density at radius 3 is 3.10 bits per heavy atom. The van der Waals surface area contributed by atoms with Gasteiger partial charge in [-0.25, -0.2) is 0 Å². The third kappa shape index (κ3) is 4.28. The van der Waals surface area contributed by atoms with Crippen LogP contribution >= 0.6 is 11.8 Å². The Kier molecular flexibility index (Phi) is 5.73. The summed E-state index contributed by atoms with van der Waals surface area (Å²) in [6, 6.07) is 7.45. The first-order valence-electron chi connectivity index (χ1n) is 6.82. The number of hydrogen-bond donors (Lipinski definition) is 3. The number of benzene rings is 1. The van der Waals surface area contributed by atoms with Gasteiger partial charge in [0.05, 0.1) is 11.8 Å². The van der Waals surface area contributed by atoms with Crippen molar-refractivity contribution in [3.63, 3.8) is 0 Å². The summed E-state index contributed by atoms with van der Waals surface area (Å²) in [6.45, 7) is 0.590. The minimum Gasteiger partial charge on any atom is -0.361 e. The van der Waals surface area contributed by atoms with Gasteiger partial charge in [0.2, 0.25) is 5.91 Å². The monoisotopic (exact) mass is 301 g/mol. The summed E-state index contributed by atoms with van der Waals surface area (Å²) >= 11 is 1.62. The van der Waals surface area contributed by atoms with E-state index in [0.717, 1.165) is 22.2 Å². The fraction of sp³-hybridized carbons (Fsp3) is 0.312. The van der Waals surface area contributed by atoms with Crippen molar-refractivity contribution in [1.29, 1.82) is 0 Å².